The van der Waals surface area contributed by atoms with E-state index in [2.05, 4.69) is 15.5 Å². The SMILES string of the molecule is CNC(C)Cc1noc(-c2cc(F)cc(C)c2[N+](=O)[O-])n1. The largest absolute Gasteiger partial charge is 0.334 e. The maximum Gasteiger partial charge on any atom is 0.285 e. The van der Waals surface area contributed by atoms with Crippen LogP contribution in [0, 0.1) is 22.9 Å². The van der Waals surface area contributed by atoms with Crippen molar-refractivity contribution in [3.05, 3.63) is 39.5 Å². The fourth-order valence-electron chi connectivity index (χ4n) is 1.96. The van der Waals surface area contributed by atoms with Gasteiger partial charge in [-0.05, 0) is 33.0 Å². The topological polar surface area (TPSA) is 94.1 Å². The molecule has 0 aliphatic rings. The second kappa shape index (κ2) is 5.96. The lowest BCUT2D eigenvalue weighted by atomic mass is 10.1. The van der Waals surface area contributed by atoms with E-state index in [1.54, 1.807) is 7.05 Å². The zero-order valence-electron chi connectivity index (χ0n) is 11.9. The molecule has 112 valence electrons. The third-order valence-electron chi connectivity index (χ3n) is 3.13. The molecule has 2 rings (SSSR count). The van der Waals surface area contributed by atoms with E-state index < -0.39 is 10.7 Å². The standard InChI is InChI=1S/C13H15FN4O3/c1-7-4-9(14)6-10(12(7)18(19)20)13-16-11(17-21-13)5-8(2)15-3/h4,6,8,15H,5H2,1-3H3. The van der Waals surface area contributed by atoms with Crippen LogP contribution in [0.25, 0.3) is 11.5 Å². The van der Waals surface area contributed by atoms with Gasteiger partial charge in [0.25, 0.3) is 11.6 Å². The highest BCUT2D eigenvalue weighted by Gasteiger charge is 2.24. The number of hydrogen-bond donors (Lipinski definition) is 1. The molecule has 1 aromatic carbocycles. The number of aromatic nitrogens is 2. The summed E-state index contributed by atoms with van der Waals surface area (Å²) in [7, 11) is 1.80. The van der Waals surface area contributed by atoms with Crippen LogP contribution in [-0.2, 0) is 6.42 Å². The van der Waals surface area contributed by atoms with Crippen LogP contribution in [0.2, 0.25) is 0 Å². The Morgan fingerprint density at radius 1 is 1.52 bits per heavy atom. The summed E-state index contributed by atoms with van der Waals surface area (Å²) in [6.07, 6.45) is 0.502. The molecule has 0 saturated carbocycles. The van der Waals surface area contributed by atoms with Crippen molar-refractivity contribution >= 4 is 5.69 Å². The highest BCUT2D eigenvalue weighted by atomic mass is 19.1. The quantitative estimate of drug-likeness (QED) is 0.671. The maximum absolute atomic E-state index is 13.5. The average molecular weight is 294 g/mol. The summed E-state index contributed by atoms with van der Waals surface area (Å²) in [5.74, 6) is -0.234. The first-order chi connectivity index (χ1) is 9.92. The van der Waals surface area contributed by atoms with Crippen molar-refractivity contribution in [1.29, 1.82) is 0 Å². The molecule has 1 unspecified atom stereocenters. The molecule has 2 aromatic rings. The van der Waals surface area contributed by atoms with E-state index in [9.17, 15) is 14.5 Å². The number of nitro benzene ring substituents is 1. The van der Waals surface area contributed by atoms with Gasteiger partial charge in [-0.15, -0.1) is 0 Å². The molecular weight excluding hydrogens is 279 g/mol. The van der Waals surface area contributed by atoms with Gasteiger partial charge in [0.15, 0.2) is 5.82 Å². The lowest BCUT2D eigenvalue weighted by molar-refractivity contribution is -0.384. The van der Waals surface area contributed by atoms with Crippen molar-refractivity contribution in [2.45, 2.75) is 26.3 Å². The van der Waals surface area contributed by atoms with E-state index in [0.29, 0.717) is 12.2 Å². The number of benzene rings is 1. The maximum atomic E-state index is 13.5. The van der Waals surface area contributed by atoms with Gasteiger partial charge in [-0.3, -0.25) is 10.1 Å². The number of aryl methyl sites for hydroxylation is 1. The molecule has 7 nitrogen and oxygen atoms in total. The van der Waals surface area contributed by atoms with Gasteiger partial charge in [-0.2, -0.15) is 4.98 Å². The van der Waals surface area contributed by atoms with Gasteiger partial charge in [0, 0.05) is 18.0 Å². The van der Waals surface area contributed by atoms with Crippen molar-refractivity contribution in [3.8, 4) is 11.5 Å². The Bertz CT molecular complexity index is 671. The molecular formula is C13H15FN4O3. The van der Waals surface area contributed by atoms with Crippen LogP contribution in [0.4, 0.5) is 10.1 Å². The molecule has 1 aromatic heterocycles. The minimum absolute atomic E-state index is 0.00615. The predicted octanol–water partition coefficient (Wildman–Crippen LogP) is 2.24. The molecule has 0 amide bonds. The minimum atomic E-state index is -0.587. The second-order valence-corrected chi connectivity index (χ2v) is 4.79. The summed E-state index contributed by atoms with van der Waals surface area (Å²) in [5.41, 5.74) is -0.0278. The van der Waals surface area contributed by atoms with Crippen LogP contribution >= 0.6 is 0 Å². The fraction of sp³-hybridized carbons (Fsp3) is 0.385. The van der Waals surface area contributed by atoms with Crippen molar-refractivity contribution in [3.63, 3.8) is 0 Å². The van der Waals surface area contributed by atoms with Gasteiger partial charge >= 0.3 is 0 Å². The van der Waals surface area contributed by atoms with Crippen molar-refractivity contribution in [2.24, 2.45) is 0 Å². The predicted molar refractivity (Wildman–Crippen MR) is 73.3 cm³/mol. The Balaban J connectivity index is 2.44. The van der Waals surface area contributed by atoms with E-state index >= 15 is 0 Å². The van der Waals surface area contributed by atoms with Gasteiger partial charge in [0.05, 0.1) is 4.92 Å². The normalized spacial score (nSPS) is 12.4. The number of halogens is 1. The first-order valence-electron chi connectivity index (χ1n) is 6.37. The smallest absolute Gasteiger partial charge is 0.285 e. The summed E-state index contributed by atoms with van der Waals surface area (Å²) < 4.78 is 18.5. The van der Waals surface area contributed by atoms with Crippen molar-refractivity contribution in [2.75, 3.05) is 7.05 Å². The second-order valence-electron chi connectivity index (χ2n) is 4.79. The third kappa shape index (κ3) is 3.22. The molecule has 0 radical (unpaired) electrons. The van der Waals surface area contributed by atoms with E-state index in [-0.39, 0.29) is 28.7 Å². The zero-order valence-corrected chi connectivity index (χ0v) is 11.9. The molecule has 1 heterocycles. The third-order valence-corrected chi connectivity index (χ3v) is 3.13. The Morgan fingerprint density at radius 2 is 2.24 bits per heavy atom. The molecule has 0 fully saturated rings. The number of hydrogen-bond acceptors (Lipinski definition) is 6. The highest BCUT2D eigenvalue weighted by molar-refractivity contribution is 5.69. The molecule has 0 aliphatic carbocycles. The van der Waals surface area contributed by atoms with E-state index in [1.807, 2.05) is 6.92 Å². The van der Waals surface area contributed by atoms with Crippen LogP contribution in [0.5, 0.6) is 0 Å². The summed E-state index contributed by atoms with van der Waals surface area (Å²) in [5, 5.41) is 17.9. The highest BCUT2D eigenvalue weighted by Crippen LogP contribution is 2.32. The van der Waals surface area contributed by atoms with E-state index in [1.165, 1.54) is 6.92 Å². The molecule has 0 aliphatic heterocycles. The zero-order chi connectivity index (χ0) is 15.6. The summed E-state index contributed by atoms with van der Waals surface area (Å²) in [6.45, 7) is 3.40. The number of rotatable bonds is 5. The van der Waals surface area contributed by atoms with Crippen molar-refractivity contribution < 1.29 is 13.8 Å². The Kier molecular flexibility index (Phi) is 4.27. The first-order valence-corrected chi connectivity index (χ1v) is 6.37. The van der Waals surface area contributed by atoms with Crippen LogP contribution in [-0.4, -0.2) is 28.2 Å². The summed E-state index contributed by atoms with van der Waals surface area (Å²) in [6, 6.07) is 2.26. The number of nitro groups is 1. The molecule has 0 bridgehead atoms. The van der Waals surface area contributed by atoms with Gasteiger partial charge in [0.2, 0.25) is 0 Å². The minimum Gasteiger partial charge on any atom is -0.334 e. The molecule has 1 atom stereocenters. The molecule has 0 saturated heterocycles. The Morgan fingerprint density at radius 3 is 2.86 bits per heavy atom. The number of nitrogens with one attached hydrogen (secondary N) is 1. The van der Waals surface area contributed by atoms with Gasteiger partial charge < -0.3 is 9.84 Å². The van der Waals surface area contributed by atoms with E-state index in [0.717, 1.165) is 12.1 Å². The van der Waals surface area contributed by atoms with Gasteiger partial charge in [-0.25, -0.2) is 4.39 Å². The molecule has 0 spiro atoms. The summed E-state index contributed by atoms with van der Waals surface area (Å²) >= 11 is 0. The number of likely N-dealkylation sites (N-methyl/N-ethyl adjacent to an activating group) is 1. The lowest BCUT2D eigenvalue weighted by Gasteiger charge is -2.04. The molecule has 8 heteroatoms. The number of nitrogens with zero attached hydrogens (tertiary/aromatic N) is 3. The fourth-order valence-corrected chi connectivity index (χ4v) is 1.96. The van der Waals surface area contributed by atoms with Crippen LogP contribution in [0.1, 0.15) is 18.3 Å². The monoisotopic (exact) mass is 294 g/mol. The van der Waals surface area contributed by atoms with Gasteiger partial charge in [0.1, 0.15) is 11.4 Å². The van der Waals surface area contributed by atoms with Crippen molar-refractivity contribution in [1.82, 2.24) is 15.5 Å². The first kappa shape index (κ1) is 15.0. The summed E-state index contributed by atoms with van der Waals surface area (Å²) in [4.78, 5) is 14.7. The van der Waals surface area contributed by atoms with Crippen LogP contribution in [0.15, 0.2) is 16.7 Å². The van der Waals surface area contributed by atoms with E-state index in [4.69, 9.17) is 4.52 Å². The van der Waals surface area contributed by atoms with Gasteiger partial charge in [-0.1, -0.05) is 5.16 Å². The molecule has 1 N–H and O–H groups in total. The Labute approximate surface area is 120 Å². The average Bonchev–Trinajstić information content (AvgIpc) is 2.85. The lowest BCUT2D eigenvalue weighted by Crippen LogP contribution is -2.24. The van der Waals surface area contributed by atoms with Crippen LogP contribution < -0.4 is 5.32 Å². The van der Waals surface area contributed by atoms with Crippen LogP contribution in [0.3, 0.4) is 0 Å². The Hall–Kier alpha value is -2.35. The molecule has 21 heavy (non-hydrogen) atoms.